The van der Waals surface area contributed by atoms with Crippen LogP contribution in [0.5, 0.6) is 11.5 Å². The van der Waals surface area contributed by atoms with Gasteiger partial charge in [0.15, 0.2) is 0 Å². The lowest BCUT2D eigenvalue weighted by Gasteiger charge is -2.03. The number of benzene rings is 2. The molecule has 0 saturated heterocycles. The van der Waals surface area contributed by atoms with Crippen molar-refractivity contribution in [3.8, 4) is 11.5 Å². The number of phenols is 2. The lowest BCUT2D eigenvalue weighted by atomic mass is 10.0. The second-order valence-corrected chi connectivity index (χ2v) is 4.19. The normalized spacial score (nSPS) is 10.4. The van der Waals surface area contributed by atoms with Crippen LogP contribution >= 0.6 is 0 Å². The van der Waals surface area contributed by atoms with E-state index in [1.54, 1.807) is 24.3 Å². The Balaban J connectivity index is 1.85. The van der Waals surface area contributed by atoms with Gasteiger partial charge in [-0.1, -0.05) is 24.3 Å². The van der Waals surface area contributed by atoms with Crippen molar-refractivity contribution < 1.29 is 10.2 Å². The van der Waals surface area contributed by atoms with Gasteiger partial charge in [-0.15, -0.1) is 0 Å². The highest BCUT2D eigenvalue weighted by atomic mass is 16.3. The molecule has 0 radical (unpaired) electrons. The van der Waals surface area contributed by atoms with Crippen LogP contribution < -0.4 is 0 Å². The average Bonchev–Trinajstić information content (AvgIpc) is 2.32. The molecule has 0 saturated carbocycles. The quantitative estimate of drug-likeness (QED) is 0.843. The SMILES string of the molecule is Oc1ccc(CCCc2cccc(O)c2)cc1. The standard InChI is InChI=1S/C15H16O2/c16-14-9-7-12(8-10-14)3-1-4-13-5-2-6-15(17)11-13/h2,5-11,16-17H,1,3-4H2. The number of phenolic OH excluding ortho intramolecular Hbond substituents is 2. The van der Waals surface area contributed by atoms with E-state index in [1.165, 1.54) is 5.56 Å². The summed E-state index contributed by atoms with van der Waals surface area (Å²) in [6.07, 6.45) is 2.97. The summed E-state index contributed by atoms with van der Waals surface area (Å²) in [6, 6.07) is 14.7. The van der Waals surface area contributed by atoms with Gasteiger partial charge in [-0.3, -0.25) is 0 Å². The van der Waals surface area contributed by atoms with Gasteiger partial charge in [0.1, 0.15) is 11.5 Å². The van der Waals surface area contributed by atoms with E-state index in [2.05, 4.69) is 0 Å². The van der Waals surface area contributed by atoms with Crippen LogP contribution in [0.1, 0.15) is 17.5 Å². The zero-order valence-electron chi connectivity index (χ0n) is 9.63. The van der Waals surface area contributed by atoms with Gasteiger partial charge in [0.25, 0.3) is 0 Å². The summed E-state index contributed by atoms with van der Waals surface area (Å²) in [5, 5.41) is 18.5. The average molecular weight is 228 g/mol. The molecule has 0 aliphatic heterocycles. The minimum absolute atomic E-state index is 0.307. The molecule has 2 heteroatoms. The van der Waals surface area contributed by atoms with Crippen molar-refractivity contribution in [2.45, 2.75) is 19.3 Å². The molecule has 0 amide bonds. The molecule has 0 unspecified atom stereocenters. The van der Waals surface area contributed by atoms with Crippen molar-refractivity contribution in [2.24, 2.45) is 0 Å². The van der Waals surface area contributed by atoms with Crippen molar-refractivity contribution >= 4 is 0 Å². The Hall–Kier alpha value is -1.96. The van der Waals surface area contributed by atoms with Crippen LogP contribution in [0.2, 0.25) is 0 Å². The van der Waals surface area contributed by atoms with Gasteiger partial charge >= 0.3 is 0 Å². The van der Waals surface area contributed by atoms with E-state index >= 15 is 0 Å². The summed E-state index contributed by atoms with van der Waals surface area (Å²) in [6.45, 7) is 0. The molecule has 0 bridgehead atoms. The molecule has 2 nitrogen and oxygen atoms in total. The Morgan fingerprint density at radius 1 is 0.706 bits per heavy atom. The van der Waals surface area contributed by atoms with E-state index in [9.17, 15) is 5.11 Å². The Labute approximate surface area is 101 Å². The highest BCUT2D eigenvalue weighted by molar-refractivity contribution is 5.28. The fourth-order valence-electron chi connectivity index (χ4n) is 1.87. The smallest absolute Gasteiger partial charge is 0.115 e. The molecule has 17 heavy (non-hydrogen) atoms. The fourth-order valence-corrected chi connectivity index (χ4v) is 1.87. The predicted molar refractivity (Wildman–Crippen MR) is 68.2 cm³/mol. The molecule has 2 rings (SSSR count). The zero-order chi connectivity index (χ0) is 12.1. The fraction of sp³-hybridized carbons (Fsp3) is 0.200. The number of hydrogen-bond acceptors (Lipinski definition) is 2. The highest BCUT2D eigenvalue weighted by Gasteiger charge is 1.97. The summed E-state index contributed by atoms with van der Waals surface area (Å²) < 4.78 is 0. The Morgan fingerprint density at radius 3 is 2.12 bits per heavy atom. The molecule has 2 aromatic rings. The second-order valence-electron chi connectivity index (χ2n) is 4.19. The molecule has 0 aliphatic carbocycles. The maximum absolute atomic E-state index is 9.33. The molecule has 0 spiro atoms. The lowest BCUT2D eigenvalue weighted by Crippen LogP contribution is -1.89. The summed E-state index contributed by atoms with van der Waals surface area (Å²) in [5.74, 6) is 0.633. The van der Waals surface area contributed by atoms with Crippen molar-refractivity contribution in [3.05, 3.63) is 59.7 Å². The molecular weight excluding hydrogens is 212 g/mol. The van der Waals surface area contributed by atoms with Crippen LogP contribution in [-0.4, -0.2) is 10.2 Å². The Morgan fingerprint density at radius 2 is 1.41 bits per heavy atom. The zero-order valence-corrected chi connectivity index (χ0v) is 9.63. The van der Waals surface area contributed by atoms with Gasteiger partial charge in [-0.25, -0.2) is 0 Å². The van der Waals surface area contributed by atoms with Crippen LogP contribution in [0.15, 0.2) is 48.5 Å². The second kappa shape index (κ2) is 5.39. The minimum Gasteiger partial charge on any atom is -0.508 e. The topological polar surface area (TPSA) is 40.5 Å². The van der Waals surface area contributed by atoms with Gasteiger partial charge in [-0.2, -0.15) is 0 Å². The van der Waals surface area contributed by atoms with Gasteiger partial charge in [0.2, 0.25) is 0 Å². The third-order valence-electron chi connectivity index (χ3n) is 2.78. The Bertz CT molecular complexity index is 475. The summed E-state index contributed by atoms with van der Waals surface area (Å²) in [7, 11) is 0. The molecular formula is C15H16O2. The largest absolute Gasteiger partial charge is 0.508 e. The first-order valence-electron chi connectivity index (χ1n) is 5.80. The minimum atomic E-state index is 0.307. The van der Waals surface area contributed by atoms with Gasteiger partial charge in [-0.05, 0) is 54.7 Å². The van der Waals surface area contributed by atoms with Crippen molar-refractivity contribution in [3.63, 3.8) is 0 Å². The molecule has 0 fully saturated rings. The van der Waals surface area contributed by atoms with Crippen LogP contribution in [0.3, 0.4) is 0 Å². The monoisotopic (exact) mass is 228 g/mol. The van der Waals surface area contributed by atoms with Crippen LogP contribution in [-0.2, 0) is 12.8 Å². The van der Waals surface area contributed by atoms with E-state index in [0.29, 0.717) is 11.5 Å². The molecule has 0 aliphatic rings. The van der Waals surface area contributed by atoms with E-state index in [-0.39, 0.29) is 0 Å². The predicted octanol–water partition coefficient (Wildman–Crippen LogP) is 3.27. The van der Waals surface area contributed by atoms with E-state index in [0.717, 1.165) is 24.8 Å². The van der Waals surface area contributed by atoms with Crippen LogP contribution in [0.4, 0.5) is 0 Å². The molecule has 0 heterocycles. The summed E-state index contributed by atoms with van der Waals surface area (Å²) in [5.41, 5.74) is 2.38. The molecule has 0 atom stereocenters. The van der Waals surface area contributed by atoms with Crippen LogP contribution in [0.25, 0.3) is 0 Å². The number of rotatable bonds is 4. The first-order valence-corrected chi connectivity index (χ1v) is 5.80. The third kappa shape index (κ3) is 3.52. The summed E-state index contributed by atoms with van der Waals surface area (Å²) in [4.78, 5) is 0. The van der Waals surface area contributed by atoms with Gasteiger partial charge < -0.3 is 10.2 Å². The Kier molecular flexibility index (Phi) is 3.66. The highest BCUT2D eigenvalue weighted by Crippen LogP contribution is 2.15. The van der Waals surface area contributed by atoms with E-state index in [4.69, 9.17) is 5.11 Å². The maximum Gasteiger partial charge on any atom is 0.115 e. The number of aromatic hydroxyl groups is 2. The number of aryl methyl sites for hydroxylation is 2. The van der Waals surface area contributed by atoms with Crippen LogP contribution in [0, 0.1) is 0 Å². The van der Waals surface area contributed by atoms with Crippen molar-refractivity contribution in [1.82, 2.24) is 0 Å². The van der Waals surface area contributed by atoms with Gasteiger partial charge in [0.05, 0.1) is 0 Å². The molecule has 2 aromatic carbocycles. The molecule has 2 N–H and O–H groups in total. The first-order chi connectivity index (χ1) is 8.24. The summed E-state index contributed by atoms with van der Waals surface area (Å²) >= 11 is 0. The third-order valence-corrected chi connectivity index (χ3v) is 2.78. The first kappa shape index (κ1) is 11.5. The van der Waals surface area contributed by atoms with Crippen molar-refractivity contribution in [1.29, 1.82) is 0 Å². The van der Waals surface area contributed by atoms with Crippen molar-refractivity contribution in [2.75, 3.05) is 0 Å². The van der Waals surface area contributed by atoms with E-state index in [1.807, 2.05) is 24.3 Å². The van der Waals surface area contributed by atoms with E-state index < -0.39 is 0 Å². The molecule has 0 aromatic heterocycles. The number of hydrogen-bond donors (Lipinski definition) is 2. The lowest BCUT2D eigenvalue weighted by molar-refractivity contribution is 0.474. The molecule has 88 valence electrons. The maximum atomic E-state index is 9.33. The van der Waals surface area contributed by atoms with Gasteiger partial charge in [0, 0.05) is 0 Å².